The SMILES string of the molecule is COCc1nnn2c1Cc1c(-c3noc(C)n3)ncn1-c1ccc(Cl)cc1-2. The largest absolute Gasteiger partial charge is 0.378 e. The van der Waals surface area contributed by atoms with Crippen LogP contribution in [0.2, 0.25) is 5.02 Å². The van der Waals surface area contributed by atoms with Gasteiger partial charge in [-0.15, -0.1) is 5.10 Å². The number of fused-ring (bicyclic) bond motifs is 5. The Kier molecular flexibility index (Phi) is 3.59. The minimum atomic E-state index is 0.357. The second-order valence-corrected chi connectivity index (χ2v) is 6.62. The van der Waals surface area contributed by atoms with Gasteiger partial charge in [0.2, 0.25) is 11.7 Å². The molecule has 0 aliphatic carbocycles. The van der Waals surface area contributed by atoms with Crippen LogP contribution in [0.4, 0.5) is 0 Å². The normalized spacial score (nSPS) is 12.4. The highest BCUT2D eigenvalue weighted by Gasteiger charge is 2.28. The zero-order chi connectivity index (χ0) is 18.5. The van der Waals surface area contributed by atoms with E-state index in [4.69, 9.17) is 20.9 Å². The van der Waals surface area contributed by atoms with Gasteiger partial charge in [0, 0.05) is 25.5 Å². The second-order valence-electron chi connectivity index (χ2n) is 6.18. The second kappa shape index (κ2) is 6.00. The maximum Gasteiger partial charge on any atom is 0.223 e. The fraction of sp³-hybridized carbons (Fsp3) is 0.235. The van der Waals surface area contributed by atoms with Crippen LogP contribution in [0.5, 0.6) is 0 Å². The van der Waals surface area contributed by atoms with Crippen LogP contribution in [0.3, 0.4) is 0 Å². The first kappa shape index (κ1) is 16.2. The Morgan fingerprint density at radius 1 is 1.26 bits per heavy atom. The Hall–Kier alpha value is -3.04. The number of nitrogens with zero attached hydrogens (tertiary/aromatic N) is 7. The molecule has 9 nitrogen and oxygen atoms in total. The first-order valence-corrected chi connectivity index (χ1v) is 8.63. The highest BCUT2D eigenvalue weighted by Crippen LogP contribution is 2.34. The van der Waals surface area contributed by atoms with Crippen molar-refractivity contribution in [2.45, 2.75) is 20.0 Å². The van der Waals surface area contributed by atoms with Crippen molar-refractivity contribution < 1.29 is 9.26 Å². The van der Waals surface area contributed by atoms with Crippen LogP contribution >= 0.6 is 11.6 Å². The van der Waals surface area contributed by atoms with E-state index in [1.165, 1.54) is 0 Å². The molecule has 1 aliphatic heterocycles. The number of hydrogen-bond donors (Lipinski definition) is 0. The van der Waals surface area contributed by atoms with Gasteiger partial charge < -0.3 is 9.26 Å². The topological polar surface area (TPSA) is 96.7 Å². The molecule has 0 spiro atoms. The molecule has 0 amide bonds. The number of imidazole rings is 1. The van der Waals surface area contributed by atoms with Crippen molar-refractivity contribution in [2.75, 3.05) is 7.11 Å². The molecule has 10 heteroatoms. The van der Waals surface area contributed by atoms with Gasteiger partial charge in [-0.3, -0.25) is 4.57 Å². The molecule has 1 aliphatic rings. The van der Waals surface area contributed by atoms with E-state index < -0.39 is 0 Å². The summed E-state index contributed by atoms with van der Waals surface area (Å²) in [5.74, 6) is 0.935. The summed E-state index contributed by atoms with van der Waals surface area (Å²) < 4.78 is 14.2. The predicted octanol–water partition coefficient (Wildman–Crippen LogP) is 2.52. The molecular formula is C17H14ClN7O2. The van der Waals surface area contributed by atoms with Crippen LogP contribution in [0.1, 0.15) is 23.0 Å². The van der Waals surface area contributed by atoms with Crippen LogP contribution in [0, 0.1) is 6.92 Å². The van der Waals surface area contributed by atoms with Gasteiger partial charge in [0.05, 0.1) is 29.4 Å². The molecule has 136 valence electrons. The number of aromatic nitrogens is 7. The van der Waals surface area contributed by atoms with Crippen LogP contribution in [0.15, 0.2) is 29.0 Å². The first-order chi connectivity index (χ1) is 13.2. The van der Waals surface area contributed by atoms with Crippen molar-refractivity contribution in [2.24, 2.45) is 0 Å². The summed E-state index contributed by atoms with van der Waals surface area (Å²) in [5.41, 5.74) is 4.94. The van der Waals surface area contributed by atoms with E-state index >= 15 is 0 Å². The molecule has 4 aromatic rings. The summed E-state index contributed by atoms with van der Waals surface area (Å²) in [6.07, 6.45) is 2.28. The maximum absolute atomic E-state index is 6.25. The first-order valence-electron chi connectivity index (χ1n) is 8.25. The molecule has 0 atom stereocenters. The highest BCUT2D eigenvalue weighted by molar-refractivity contribution is 6.30. The Morgan fingerprint density at radius 2 is 2.15 bits per heavy atom. The molecule has 0 bridgehead atoms. The molecule has 0 saturated carbocycles. The number of aryl methyl sites for hydroxylation is 1. The van der Waals surface area contributed by atoms with Gasteiger partial charge in [-0.25, -0.2) is 9.67 Å². The van der Waals surface area contributed by atoms with Gasteiger partial charge in [0.15, 0.2) is 0 Å². The average molecular weight is 384 g/mol. The minimum Gasteiger partial charge on any atom is -0.378 e. The monoisotopic (exact) mass is 383 g/mol. The minimum absolute atomic E-state index is 0.357. The molecule has 4 heterocycles. The van der Waals surface area contributed by atoms with Crippen molar-refractivity contribution in [1.82, 2.24) is 34.7 Å². The molecule has 27 heavy (non-hydrogen) atoms. The lowest BCUT2D eigenvalue weighted by Gasteiger charge is -2.09. The van der Waals surface area contributed by atoms with Gasteiger partial charge in [-0.05, 0) is 18.2 Å². The smallest absolute Gasteiger partial charge is 0.223 e. The van der Waals surface area contributed by atoms with Crippen molar-refractivity contribution in [3.05, 3.63) is 52.5 Å². The van der Waals surface area contributed by atoms with Gasteiger partial charge in [0.25, 0.3) is 0 Å². The van der Waals surface area contributed by atoms with Crippen LogP contribution in [-0.4, -0.2) is 41.8 Å². The quantitative estimate of drug-likeness (QED) is 0.472. The summed E-state index contributed by atoms with van der Waals surface area (Å²) in [6.45, 7) is 2.11. The molecule has 0 fully saturated rings. The fourth-order valence-corrected chi connectivity index (χ4v) is 3.48. The molecule has 0 unspecified atom stereocenters. The molecule has 1 aromatic carbocycles. The summed E-state index contributed by atoms with van der Waals surface area (Å²) in [6, 6.07) is 5.63. The molecule has 0 saturated heterocycles. The third-order valence-corrected chi connectivity index (χ3v) is 4.73. The third kappa shape index (κ3) is 2.47. The highest BCUT2D eigenvalue weighted by atomic mass is 35.5. The van der Waals surface area contributed by atoms with E-state index in [0.29, 0.717) is 35.5 Å². The van der Waals surface area contributed by atoms with E-state index in [2.05, 4.69) is 25.4 Å². The van der Waals surface area contributed by atoms with Crippen LogP contribution in [0.25, 0.3) is 22.9 Å². The Labute approximate surface area is 158 Å². The van der Waals surface area contributed by atoms with E-state index in [1.54, 1.807) is 25.0 Å². The standard InChI is InChI=1S/C17H14ClN7O2/c1-9-20-17(22-27-9)16-15-6-13-11(7-26-2)21-23-25(13)14-5-10(18)3-4-12(14)24(15)8-19-16/h3-5,8H,6-7H2,1-2H3. The third-order valence-electron chi connectivity index (χ3n) is 4.49. The van der Waals surface area contributed by atoms with Crippen molar-refractivity contribution in [1.29, 1.82) is 0 Å². The molecule has 3 aromatic heterocycles. The number of rotatable bonds is 3. The molecule has 0 radical (unpaired) electrons. The van der Waals surface area contributed by atoms with Gasteiger partial charge in [-0.1, -0.05) is 22.0 Å². The number of methoxy groups -OCH3 is 1. The van der Waals surface area contributed by atoms with Gasteiger partial charge >= 0.3 is 0 Å². The zero-order valence-electron chi connectivity index (χ0n) is 14.5. The number of ether oxygens (including phenoxy) is 1. The van der Waals surface area contributed by atoms with E-state index in [9.17, 15) is 0 Å². The Morgan fingerprint density at radius 3 is 2.93 bits per heavy atom. The zero-order valence-corrected chi connectivity index (χ0v) is 15.3. The summed E-state index contributed by atoms with van der Waals surface area (Å²) >= 11 is 6.25. The predicted molar refractivity (Wildman–Crippen MR) is 95.0 cm³/mol. The number of hydrogen-bond acceptors (Lipinski definition) is 7. The van der Waals surface area contributed by atoms with Gasteiger partial charge in [-0.2, -0.15) is 4.98 Å². The van der Waals surface area contributed by atoms with E-state index in [-0.39, 0.29) is 0 Å². The van der Waals surface area contributed by atoms with E-state index in [0.717, 1.165) is 28.5 Å². The maximum atomic E-state index is 6.25. The summed E-state index contributed by atoms with van der Waals surface area (Å²) in [4.78, 5) is 8.87. The Bertz CT molecular complexity index is 1160. The van der Waals surface area contributed by atoms with Crippen LogP contribution in [-0.2, 0) is 17.8 Å². The fourth-order valence-electron chi connectivity index (χ4n) is 3.31. The summed E-state index contributed by atoms with van der Waals surface area (Å²) in [7, 11) is 1.63. The lowest BCUT2D eigenvalue weighted by molar-refractivity contribution is 0.180. The average Bonchev–Trinajstić information content (AvgIpc) is 3.34. The summed E-state index contributed by atoms with van der Waals surface area (Å²) in [5, 5.41) is 13.3. The number of halogens is 1. The lowest BCUT2D eigenvalue weighted by atomic mass is 10.1. The lowest BCUT2D eigenvalue weighted by Crippen LogP contribution is -2.04. The molecule has 0 N–H and O–H groups in total. The molecule has 5 rings (SSSR count). The Balaban J connectivity index is 1.79. The van der Waals surface area contributed by atoms with Crippen LogP contribution < -0.4 is 0 Å². The van der Waals surface area contributed by atoms with Crippen molar-refractivity contribution in [3.8, 4) is 22.9 Å². The van der Waals surface area contributed by atoms with Crippen molar-refractivity contribution >= 4 is 11.6 Å². The van der Waals surface area contributed by atoms with Crippen molar-refractivity contribution in [3.63, 3.8) is 0 Å². The van der Waals surface area contributed by atoms with E-state index in [1.807, 2.05) is 22.8 Å². The number of benzene rings is 1. The molecular weight excluding hydrogens is 370 g/mol. The van der Waals surface area contributed by atoms with Gasteiger partial charge in [0.1, 0.15) is 17.7 Å².